The molecule has 1 aromatic carbocycles. The van der Waals surface area contributed by atoms with Crippen molar-refractivity contribution >= 4 is 22.8 Å². The number of rotatable bonds is 3. The van der Waals surface area contributed by atoms with Crippen molar-refractivity contribution in [1.82, 2.24) is 14.5 Å². The fourth-order valence-corrected chi connectivity index (χ4v) is 4.10. The van der Waals surface area contributed by atoms with E-state index in [0.717, 1.165) is 23.7 Å². The predicted molar refractivity (Wildman–Crippen MR) is 106 cm³/mol. The van der Waals surface area contributed by atoms with E-state index in [1.165, 1.54) is 28.2 Å². The van der Waals surface area contributed by atoms with E-state index in [9.17, 15) is 4.79 Å². The van der Waals surface area contributed by atoms with Crippen molar-refractivity contribution in [2.45, 2.75) is 13.3 Å². The molecule has 0 N–H and O–H groups in total. The Balaban J connectivity index is 1.49. The monoisotopic (exact) mass is 363 g/mol. The summed E-state index contributed by atoms with van der Waals surface area (Å²) in [5.41, 5.74) is 5.33. The topological polar surface area (TPSA) is 38.1 Å². The molecule has 4 nitrogen and oxygen atoms in total. The number of aromatic nitrogens is 2. The minimum atomic E-state index is 0.0155. The van der Waals surface area contributed by atoms with Crippen molar-refractivity contribution < 1.29 is 4.79 Å². The van der Waals surface area contributed by atoms with Crippen molar-refractivity contribution in [2.24, 2.45) is 7.05 Å². The van der Waals surface area contributed by atoms with Gasteiger partial charge in [-0.05, 0) is 36.6 Å². The van der Waals surface area contributed by atoms with Gasteiger partial charge in [0.25, 0.3) is 5.91 Å². The first-order chi connectivity index (χ1) is 12.6. The van der Waals surface area contributed by atoms with E-state index in [4.69, 9.17) is 0 Å². The highest BCUT2D eigenvalue weighted by atomic mass is 32.1. The molecule has 26 heavy (non-hydrogen) atoms. The van der Waals surface area contributed by atoms with Crippen LogP contribution >= 0.6 is 11.3 Å². The maximum absolute atomic E-state index is 12.8. The Labute approximate surface area is 157 Å². The van der Waals surface area contributed by atoms with E-state index in [1.807, 2.05) is 23.4 Å². The number of carbonyl (C=O) groups is 1. The Morgan fingerprint density at radius 2 is 1.96 bits per heavy atom. The lowest BCUT2D eigenvalue weighted by atomic mass is 9.99. The van der Waals surface area contributed by atoms with Crippen LogP contribution in [0.1, 0.15) is 28.2 Å². The molecule has 0 unspecified atom stereocenters. The van der Waals surface area contributed by atoms with E-state index in [2.05, 4.69) is 58.9 Å². The van der Waals surface area contributed by atoms with Crippen molar-refractivity contribution in [3.63, 3.8) is 0 Å². The van der Waals surface area contributed by atoms with Crippen LogP contribution in [0, 0.1) is 6.92 Å². The molecule has 0 fully saturated rings. The lowest BCUT2D eigenvalue weighted by Crippen LogP contribution is -2.34. The largest absolute Gasteiger partial charge is 0.346 e. The summed E-state index contributed by atoms with van der Waals surface area (Å²) in [6, 6.07) is 14.5. The van der Waals surface area contributed by atoms with Gasteiger partial charge >= 0.3 is 0 Å². The summed E-state index contributed by atoms with van der Waals surface area (Å²) in [6.45, 7) is 3.43. The van der Waals surface area contributed by atoms with E-state index >= 15 is 0 Å². The van der Waals surface area contributed by atoms with Crippen molar-refractivity contribution in [3.05, 3.63) is 70.9 Å². The fraction of sp³-hybridized carbons (Fsp3) is 0.238. The van der Waals surface area contributed by atoms with Gasteiger partial charge in [0.1, 0.15) is 10.7 Å². The molecule has 0 bridgehead atoms. The Kier molecular flexibility index (Phi) is 4.47. The summed E-state index contributed by atoms with van der Waals surface area (Å²) in [5, 5.41) is 2.76. The molecule has 0 spiro atoms. The average molecular weight is 363 g/mol. The Morgan fingerprint density at radius 3 is 2.62 bits per heavy atom. The van der Waals surface area contributed by atoms with Gasteiger partial charge in [-0.3, -0.25) is 4.79 Å². The standard InChI is InChI=1S/C21H21N3OS/c1-15-8-9-19(23(15)2)20-22-18(14-26-20)21(25)24-12-10-17(11-13-24)16-6-4-3-5-7-16/h3-10,14H,11-13H2,1-2H3. The zero-order chi connectivity index (χ0) is 18.1. The first-order valence-electron chi connectivity index (χ1n) is 8.75. The average Bonchev–Trinajstić information content (AvgIpc) is 3.29. The van der Waals surface area contributed by atoms with Crippen LogP contribution in [0.2, 0.25) is 0 Å². The second-order valence-corrected chi connectivity index (χ2v) is 7.41. The van der Waals surface area contributed by atoms with Gasteiger partial charge in [0.05, 0.1) is 5.69 Å². The van der Waals surface area contributed by atoms with E-state index in [1.54, 1.807) is 0 Å². The molecule has 2 aromatic heterocycles. The molecule has 3 aromatic rings. The van der Waals surface area contributed by atoms with Gasteiger partial charge in [-0.15, -0.1) is 11.3 Å². The first kappa shape index (κ1) is 16.8. The smallest absolute Gasteiger partial charge is 0.273 e. The highest BCUT2D eigenvalue weighted by Gasteiger charge is 2.22. The molecule has 4 rings (SSSR count). The predicted octanol–water partition coefficient (Wildman–Crippen LogP) is 4.39. The number of carbonyl (C=O) groups excluding carboxylic acids is 1. The Bertz CT molecular complexity index is 968. The molecule has 0 radical (unpaired) electrons. The van der Waals surface area contributed by atoms with Gasteiger partial charge in [0.15, 0.2) is 0 Å². The normalized spacial score (nSPS) is 14.4. The molecular formula is C21H21N3OS. The number of nitrogens with zero attached hydrogens (tertiary/aromatic N) is 3. The summed E-state index contributed by atoms with van der Waals surface area (Å²) in [6.07, 6.45) is 3.04. The van der Waals surface area contributed by atoms with Gasteiger partial charge in [0, 0.05) is 31.2 Å². The summed E-state index contributed by atoms with van der Waals surface area (Å²) < 4.78 is 2.10. The van der Waals surface area contributed by atoms with Crippen LogP contribution in [0.3, 0.4) is 0 Å². The third-order valence-corrected chi connectivity index (χ3v) is 5.82. The van der Waals surface area contributed by atoms with Gasteiger partial charge in [-0.25, -0.2) is 4.98 Å². The highest BCUT2D eigenvalue weighted by molar-refractivity contribution is 7.13. The van der Waals surface area contributed by atoms with E-state index in [-0.39, 0.29) is 5.91 Å². The van der Waals surface area contributed by atoms with Crippen LogP contribution in [0.15, 0.2) is 53.9 Å². The van der Waals surface area contributed by atoms with Crippen LogP contribution in [0.5, 0.6) is 0 Å². The van der Waals surface area contributed by atoms with Crippen molar-refractivity contribution in [1.29, 1.82) is 0 Å². The molecule has 3 heterocycles. The lowest BCUT2D eigenvalue weighted by Gasteiger charge is -2.26. The second kappa shape index (κ2) is 6.92. The van der Waals surface area contributed by atoms with Crippen molar-refractivity contribution in [2.75, 3.05) is 13.1 Å². The van der Waals surface area contributed by atoms with Gasteiger partial charge in [-0.1, -0.05) is 36.4 Å². The molecule has 0 atom stereocenters. The molecule has 5 heteroatoms. The van der Waals surface area contributed by atoms with Gasteiger partial charge in [-0.2, -0.15) is 0 Å². The van der Waals surface area contributed by atoms with Crippen LogP contribution in [-0.4, -0.2) is 33.4 Å². The quantitative estimate of drug-likeness (QED) is 0.692. The molecule has 0 saturated carbocycles. The minimum absolute atomic E-state index is 0.0155. The van der Waals surface area contributed by atoms with E-state index in [0.29, 0.717) is 12.2 Å². The van der Waals surface area contributed by atoms with E-state index < -0.39 is 0 Å². The zero-order valence-electron chi connectivity index (χ0n) is 15.0. The highest BCUT2D eigenvalue weighted by Crippen LogP contribution is 2.27. The fourth-order valence-electron chi connectivity index (χ4n) is 3.25. The maximum Gasteiger partial charge on any atom is 0.273 e. The molecular weight excluding hydrogens is 342 g/mol. The number of hydrogen-bond acceptors (Lipinski definition) is 3. The number of aryl methyl sites for hydroxylation is 1. The summed E-state index contributed by atoms with van der Waals surface area (Å²) >= 11 is 1.53. The van der Waals surface area contributed by atoms with Gasteiger partial charge in [0.2, 0.25) is 0 Å². The van der Waals surface area contributed by atoms with Crippen LogP contribution in [0.4, 0.5) is 0 Å². The molecule has 1 aliphatic heterocycles. The van der Waals surface area contributed by atoms with Crippen LogP contribution in [0.25, 0.3) is 16.3 Å². The first-order valence-corrected chi connectivity index (χ1v) is 9.63. The third-order valence-electron chi connectivity index (χ3n) is 4.96. The van der Waals surface area contributed by atoms with Crippen molar-refractivity contribution in [3.8, 4) is 10.7 Å². The van der Waals surface area contributed by atoms with Gasteiger partial charge < -0.3 is 9.47 Å². The maximum atomic E-state index is 12.8. The Hall–Kier alpha value is -2.66. The van der Waals surface area contributed by atoms with Crippen LogP contribution in [-0.2, 0) is 7.05 Å². The molecule has 1 aliphatic rings. The third kappa shape index (κ3) is 3.10. The second-order valence-electron chi connectivity index (χ2n) is 6.55. The Morgan fingerprint density at radius 1 is 1.15 bits per heavy atom. The molecule has 132 valence electrons. The molecule has 0 aliphatic carbocycles. The number of hydrogen-bond donors (Lipinski definition) is 0. The number of thiazole rings is 1. The minimum Gasteiger partial charge on any atom is -0.346 e. The zero-order valence-corrected chi connectivity index (χ0v) is 15.8. The summed E-state index contributed by atoms with van der Waals surface area (Å²) in [7, 11) is 2.02. The summed E-state index contributed by atoms with van der Waals surface area (Å²) in [4.78, 5) is 19.3. The number of benzene rings is 1. The SMILES string of the molecule is Cc1ccc(-c2nc(C(=O)N3CC=C(c4ccccc4)CC3)cs2)n1C. The van der Waals surface area contributed by atoms with Crippen LogP contribution < -0.4 is 0 Å². The summed E-state index contributed by atoms with van der Waals surface area (Å²) in [5.74, 6) is 0.0155. The number of amides is 1. The molecule has 1 amide bonds. The molecule has 0 saturated heterocycles. The lowest BCUT2D eigenvalue weighted by molar-refractivity contribution is 0.0768.